The summed E-state index contributed by atoms with van der Waals surface area (Å²) in [6.45, 7) is 0.705. The molecule has 1 aromatic carbocycles. The minimum Gasteiger partial charge on any atom is -0.496 e. The van der Waals surface area contributed by atoms with Crippen molar-refractivity contribution < 1.29 is 9.47 Å². The van der Waals surface area contributed by atoms with Crippen molar-refractivity contribution in [3.8, 4) is 11.5 Å². The Bertz CT molecular complexity index is 354. The second-order valence-corrected chi connectivity index (χ2v) is 4.43. The maximum Gasteiger partial charge on any atom is 0.132 e. The van der Waals surface area contributed by atoms with Gasteiger partial charge in [0.25, 0.3) is 0 Å². The Hall–Kier alpha value is -0.490. The smallest absolute Gasteiger partial charge is 0.132 e. The van der Waals surface area contributed by atoms with Gasteiger partial charge in [0.05, 0.1) is 17.3 Å². The first-order valence-corrected chi connectivity index (χ1v) is 5.56. The second kappa shape index (κ2) is 3.94. The number of nitrogens with two attached hydrogens (primary N) is 1. The molecule has 0 spiro atoms. The Morgan fingerprint density at radius 2 is 2.36 bits per heavy atom. The zero-order chi connectivity index (χ0) is 10.1. The van der Waals surface area contributed by atoms with Gasteiger partial charge in [-0.25, -0.2) is 0 Å². The summed E-state index contributed by atoms with van der Waals surface area (Å²) >= 11 is 2.23. The fraction of sp³-hybridized carbons (Fsp3) is 0.400. The zero-order valence-corrected chi connectivity index (χ0v) is 10.1. The first kappa shape index (κ1) is 10.0. The number of methoxy groups -OCH3 is 1. The SMILES string of the molecule is COc1cc2c(cc1I)OCCC2N. The Balaban J connectivity index is 2.49. The molecule has 0 bridgehead atoms. The molecule has 0 saturated heterocycles. The molecule has 0 aliphatic carbocycles. The van der Waals surface area contributed by atoms with Crippen LogP contribution in [0.25, 0.3) is 0 Å². The van der Waals surface area contributed by atoms with Crippen molar-refractivity contribution in [2.24, 2.45) is 5.73 Å². The number of halogens is 1. The largest absolute Gasteiger partial charge is 0.496 e. The van der Waals surface area contributed by atoms with Crippen molar-refractivity contribution in [3.63, 3.8) is 0 Å². The average molecular weight is 305 g/mol. The van der Waals surface area contributed by atoms with Crippen molar-refractivity contribution in [2.75, 3.05) is 13.7 Å². The van der Waals surface area contributed by atoms with Crippen LogP contribution in [-0.2, 0) is 0 Å². The predicted octanol–water partition coefficient (Wildman–Crippen LogP) is 2.08. The monoisotopic (exact) mass is 305 g/mol. The van der Waals surface area contributed by atoms with Crippen LogP contribution >= 0.6 is 22.6 Å². The summed E-state index contributed by atoms with van der Waals surface area (Å²) in [5.41, 5.74) is 7.03. The van der Waals surface area contributed by atoms with Crippen LogP contribution in [0.15, 0.2) is 12.1 Å². The zero-order valence-electron chi connectivity index (χ0n) is 7.92. The van der Waals surface area contributed by atoms with E-state index in [9.17, 15) is 0 Å². The van der Waals surface area contributed by atoms with Crippen LogP contribution in [0.3, 0.4) is 0 Å². The highest BCUT2D eigenvalue weighted by Gasteiger charge is 2.20. The number of fused-ring (bicyclic) bond motifs is 1. The molecule has 0 saturated carbocycles. The highest BCUT2D eigenvalue weighted by Crippen LogP contribution is 2.36. The molecular weight excluding hydrogens is 293 g/mol. The summed E-state index contributed by atoms with van der Waals surface area (Å²) in [5, 5.41) is 0. The standard InChI is InChI=1S/C10H12INO2/c1-13-10-4-6-8(12)2-3-14-9(6)5-7(10)11/h4-5,8H,2-3,12H2,1H3. The Kier molecular flexibility index (Phi) is 2.83. The van der Waals surface area contributed by atoms with E-state index in [4.69, 9.17) is 15.2 Å². The molecule has 0 amide bonds. The van der Waals surface area contributed by atoms with Gasteiger partial charge in [-0.3, -0.25) is 0 Å². The van der Waals surface area contributed by atoms with Gasteiger partial charge in [0.15, 0.2) is 0 Å². The number of hydrogen-bond acceptors (Lipinski definition) is 3. The lowest BCUT2D eigenvalue weighted by atomic mass is 10.0. The van der Waals surface area contributed by atoms with Gasteiger partial charge in [0.1, 0.15) is 11.5 Å². The van der Waals surface area contributed by atoms with Crippen molar-refractivity contribution in [1.82, 2.24) is 0 Å². The summed E-state index contributed by atoms with van der Waals surface area (Å²) in [4.78, 5) is 0. The van der Waals surface area contributed by atoms with Gasteiger partial charge in [-0.1, -0.05) is 0 Å². The number of benzene rings is 1. The first-order chi connectivity index (χ1) is 6.72. The van der Waals surface area contributed by atoms with Crippen molar-refractivity contribution >= 4 is 22.6 Å². The van der Waals surface area contributed by atoms with Crippen molar-refractivity contribution in [2.45, 2.75) is 12.5 Å². The van der Waals surface area contributed by atoms with Crippen LogP contribution in [0.2, 0.25) is 0 Å². The van der Waals surface area contributed by atoms with E-state index in [1.165, 1.54) is 0 Å². The molecule has 1 unspecified atom stereocenters. The predicted molar refractivity (Wildman–Crippen MR) is 62.8 cm³/mol. The minimum absolute atomic E-state index is 0.0737. The Morgan fingerprint density at radius 1 is 1.57 bits per heavy atom. The van der Waals surface area contributed by atoms with Crippen molar-refractivity contribution in [3.05, 3.63) is 21.3 Å². The fourth-order valence-electron chi connectivity index (χ4n) is 1.57. The summed E-state index contributed by atoms with van der Waals surface area (Å²) in [5.74, 6) is 1.76. The molecule has 1 aromatic rings. The number of rotatable bonds is 1. The Labute approximate surface area is 96.7 Å². The summed E-state index contributed by atoms with van der Waals surface area (Å²) in [6, 6.07) is 4.03. The average Bonchev–Trinajstić information content (AvgIpc) is 2.17. The maximum absolute atomic E-state index is 5.98. The van der Waals surface area contributed by atoms with Crippen molar-refractivity contribution in [1.29, 1.82) is 0 Å². The van der Waals surface area contributed by atoms with Gasteiger partial charge in [-0.15, -0.1) is 0 Å². The van der Waals surface area contributed by atoms with E-state index in [2.05, 4.69) is 22.6 Å². The van der Waals surface area contributed by atoms with Gasteiger partial charge in [0, 0.05) is 18.0 Å². The summed E-state index contributed by atoms with van der Waals surface area (Å²) in [7, 11) is 1.67. The van der Waals surface area contributed by atoms with Crippen LogP contribution in [0.4, 0.5) is 0 Å². The Morgan fingerprint density at radius 3 is 3.07 bits per heavy atom. The number of hydrogen-bond donors (Lipinski definition) is 1. The molecule has 1 aliphatic heterocycles. The summed E-state index contributed by atoms with van der Waals surface area (Å²) in [6.07, 6.45) is 0.872. The van der Waals surface area contributed by atoms with Crippen LogP contribution < -0.4 is 15.2 Å². The third-order valence-electron chi connectivity index (χ3n) is 2.37. The molecule has 1 aliphatic rings. The molecule has 0 aromatic heterocycles. The van der Waals surface area contributed by atoms with Gasteiger partial charge in [-0.05, 0) is 34.7 Å². The van der Waals surface area contributed by atoms with Crippen LogP contribution in [0.1, 0.15) is 18.0 Å². The molecule has 14 heavy (non-hydrogen) atoms. The van der Waals surface area contributed by atoms with Crippen LogP contribution in [0, 0.1) is 3.57 Å². The van der Waals surface area contributed by atoms with E-state index in [-0.39, 0.29) is 6.04 Å². The minimum atomic E-state index is 0.0737. The van der Waals surface area contributed by atoms with Gasteiger partial charge >= 0.3 is 0 Å². The quantitative estimate of drug-likeness (QED) is 0.808. The van der Waals surface area contributed by atoms with Crippen LogP contribution in [-0.4, -0.2) is 13.7 Å². The lowest BCUT2D eigenvalue weighted by molar-refractivity contribution is 0.267. The third kappa shape index (κ3) is 1.68. The van der Waals surface area contributed by atoms with Gasteiger partial charge in [0.2, 0.25) is 0 Å². The normalized spacial score (nSPS) is 19.8. The van der Waals surface area contributed by atoms with E-state index < -0.39 is 0 Å². The topological polar surface area (TPSA) is 44.5 Å². The molecule has 76 valence electrons. The molecular formula is C10H12INO2. The summed E-state index contributed by atoms with van der Waals surface area (Å²) < 4.78 is 11.8. The van der Waals surface area contributed by atoms with E-state index in [1.807, 2.05) is 12.1 Å². The first-order valence-electron chi connectivity index (χ1n) is 4.48. The molecule has 2 rings (SSSR count). The molecule has 3 nitrogen and oxygen atoms in total. The molecule has 0 fully saturated rings. The highest BCUT2D eigenvalue weighted by molar-refractivity contribution is 14.1. The lowest BCUT2D eigenvalue weighted by Gasteiger charge is -2.23. The molecule has 1 atom stereocenters. The lowest BCUT2D eigenvalue weighted by Crippen LogP contribution is -2.20. The molecule has 1 heterocycles. The van der Waals surface area contributed by atoms with E-state index in [0.717, 1.165) is 27.1 Å². The van der Waals surface area contributed by atoms with Gasteiger partial charge < -0.3 is 15.2 Å². The number of ether oxygens (including phenoxy) is 2. The third-order valence-corrected chi connectivity index (χ3v) is 3.21. The highest BCUT2D eigenvalue weighted by atomic mass is 127. The second-order valence-electron chi connectivity index (χ2n) is 3.27. The van der Waals surface area contributed by atoms with E-state index in [0.29, 0.717) is 6.61 Å². The maximum atomic E-state index is 5.98. The molecule has 4 heteroatoms. The van der Waals surface area contributed by atoms with E-state index in [1.54, 1.807) is 7.11 Å². The fourth-order valence-corrected chi connectivity index (χ4v) is 2.23. The van der Waals surface area contributed by atoms with E-state index >= 15 is 0 Å². The molecule has 0 radical (unpaired) electrons. The van der Waals surface area contributed by atoms with Crippen LogP contribution in [0.5, 0.6) is 11.5 Å². The van der Waals surface area contributed by atoms with Gasteiger partial charge in [-0.2, -0.15) is 0 Å². The molecule has 2 N–H and O–H groups in total.